The minimum absolute atomic E-state index is 0.554. The summed E-state index contributed by atoms with van der Waals surface area (Å²) < 4.78 is 11.2. The van der Waals surface area contributed by atoms with Gasteiger partial charge in [-0.1, -0.05) is 12.8 Å². The zero-order valence-electron chi connectivity index (χ0n) is 17.3. The number of piperidine rings is 1. The highest BCUT2D eigenvalue weighted by Gasteiger charge is 2.27. The fourth-order valence-corrected chi connectivity index (χ4v) is 4.61. The Morgan fingerprint density at radius 1 is 1.07 bits per heavy atom. The predicted octanol–water partition coefficient (Wildman–Crippen LogP) is 2.39. The average Bonchev–Trinajstić information content (AvgIpc) is 3.26. The molecule has 0 aromatic heterocycles. The summed E-state index contributed by atoms with van der Waals surface area (Å²) >= 11 is 0. The van der Waals surface area contributed by atoms with Crippen LogP contribution in [0, 0.1) is 5.92 Å². The Hall–Kier alpha value is -0.850. The largest absolute Gasteiger partial charge is 0.381 e. The second kappa shape index (κ2) is 11.9. The Kier molecular flexibility index (Phi) is 9.18. The lowest BCUT2D eigenvalue weighted by Gasteiger charge is -2.36. The molecule has 0 unspecified atom stereocenters. The Labute approximate surface area is 165 Å². The quantitative estimate of drug-likeness (QED) is 0.385. The number of aliphatic imine (C=N–C) groups is 1. The van der Waals surface area contributed by atoms with Crippen LogP contribution in [-0.4, -0.2) is 76.1 Å². The van der Waals surface area contributed by atoms with Crippen LogP contribution in [0.2, 0.25) is 0 Å². The van der Waals surface area contributed by atoms with E-state index in [1.165, 1.54) is 51.6 Å². The Bertz CT molecular complexity index is 426. The van der Waals surface area contributed by atoms with E-state index in [1.807, 2.05) is 7.05 Å². The number of rotatable bonds is 8. The Balaban J connectivity index is 1.22. The van der Waals surface area contributed by atoms with Crippen molar-refractivity contribution in [2.45, 2.75) is 69.9 Å². The van der Waals surface area contributed by atoms with E-state index in [0.717, 1.165) is 64.2 Å². The third kappa shape index (κ3) is 7.24. The monoisotopic (exact) mass is 380 g/mol. The lowest BCUT2D eigenvalue weighted by Crippen LogP contribution is -2.50. The number of nitrogens with zero attached hydrogens (tertiary/aromatic N) is 2. The molecule has 3 fully saturated rings. The predicted molar refractivity (Wildman–Crippen MR) is 110 cm³/mol. The zero-order chi connectivity index (χ0) is 18.7. The van der Waals surface area contributed by atoms with Crippen molar-refractivity contribution >= 4 is 5.96 Å². The molecule has 1 saturated carbocycles. The molecule has 2 heterocycles. The minimum Gasteiger partial charge on any atom is -0.381 e. The van der Waals surface area contributed by atoms with E-state index in [2.05, 4.69) is 20.5 Å². The first-order valence-electron chi connectivity index (χ1n) is 11.2. The summed E-state index contributed by atoms with van der Waals surface area (Å²) in [5.41, 5.74) is 0. The molecule has 2 N–H and O–H groups in total. The molecule has 27 heavy (non-hydrogen) atoms. The Morgan fingerprint density at radius 2 is 1.81 bits per heavy atom. The lowest BCUT2D eigenvalue weighted by atomic mass is 10.0. The summed E-state index contributed by atoms with van der Waals surface area (Å²) in [5.74, 6) is 1.63. The first kappa shape index (κ1) is 20.9. The molecule has 3 rings (SSSR count). The first-order valence-corrected chi connectivity index (χ1v) is 11.2. The van der Waals surface area contributed by atoms with E-state index in [9.17, 15) is 0 Å². The van der Waals surface area contributed by atoms with Crippen molar-refractivity contribution in [1.82, 2.24) is 15.5 Å². The maximum Gasteiger partial charge on any atom is 0.191 e. The number of hydrogen-bond acceptors (Lipinski definition) is 4. The van der Waals surface area contributed by atoms with E-state index < -0.39 is 0 Å². The summed E-state index contributed by atoms with van der Waals surface area (Å²) in [5, 5.41) is 7.06. The molecule has 1 aliphatic carbocycles. The minimum atomic E-state index is 0.554. The van der Waals surface area contributed by atoms with Gasteiger partial charge in [0.25, 0.3) is 0 Å². The van der Waals surface area contributed by atoms with Crippen LogP contribution in [0.15, 0.2) is 4.99 Å². The van der Waals surface area contributed by atoms with Gasteiger partial charge in [0.1, 0.15) is 0 Å². The molecule has 0 amide bonds. The van der Waals surface area contributed by atoms with Crippen molar-refractivity contribution in [2.75, 3.05) is 53.1 Å². The molecule has 2 saturated heterocycles. The molecule has 0 aromatic carbocycles. The molecule has 0 atom stereocenters. The van der Waals surface area contributed by atoms with Gasteiger partial charge in [-0.3, -0.25) is 4.99 Å². The fraction of sp³-hybridized carbons (Fsp3) is 0.952. The van der Waals surface area contributed by atoms with Crippen LogP contribution in [0.25, 0.3) is 0 Å². The van der Waals surface area contributed by atoms with Gasteiger partial charge >= 0.3 is 0 Å². The smallest absolute Gasteiger partial charge is 0.191 e. The lowest BCUT2D eigenvalue weighted by molar-refractivity contribution is 0.0203. The second-order valence-corrected chi connectivity index (χ2v) is 8.38. The molecule has 156 valence electrons. The maximum absolute atomic E-state index is 5.84. The number of guanidine groups is 1. The van der Waals surface area contributed by atoms with Crippen LogP contribution in [0.1, 0.15) is 57.8 Å². The SMILES string of the molecule is CN=C(NCCCOCC1CCOCC1)NC1CCN(C2CCCC2)CC1. The average molecular weight is 381 g/mol. The van der Waals surface area contributed by atoms with Crippen LogP contribution in [0.4, 0.5) is 0 Å². The van der Waals surface area contributed by atoms with Crippen molar-refractivity contribution in [3.63, 3.8) is 0 Å². The highest BCUT2D eigenvalue weighted by Crippen LogP contribution is 2.26. The normalized spacial score (nSPS) is 24.4. The van der Waals surface area contributed by atoms with Crippen molar-refractivity contribution < 1.29 is 9.47 Å². The summed E-state index contributed by atoms with van der Waals surface area (Å²) in [6, 6.07) is 1.42. The van der Waals surface area contributed by atoms with Crippen LogP contribution in [-0.2, 0) is 9.47 Å². The second-order valence-electron chi connectivity index (χ2n) is 8.38. The van der Waals surface area contributed by atoms with E-state index in [4.69, 9.17) is 9.47 Å². The number of nitrogens with one attached hydrogen (secondary N) is 2. The van der Waals surface area contributed by atoms with Gasteiger partial charge in [0.15, 0.2) is 5.96 Å². The van der Waals surface area contributed by atoms with E-state index in [0.29, 0.717) is 12.0 Å². The molecular formula is C21H40N4O2. The number of likely N-dealkylation sites (tertiary alicyclic amines) is 1. The topological polar surface area (TPSA) is 58.1 Å². The molecule has 0 spiro atoms. The van der Waals surface area contributed by atoms with Gasteiger partial charge in [0.2, 0.25) is 0 Å². The fourth-order valence-electron chi connectivity index (χ4n) is 4.61. The van der Waals surface area contributed by atoms with Crippen LogP contribution in [0.5, 0.6) is 0 Å². The highest BCUT2D eigenvalue weighted by molar-refractivity contribution is 5.79. The van der Waals surface area contributed by atoms with Gasteiger partial charge in [0.05, 0.1) is 0 Å². The molecule has 6 heteroatoms. The highest BCUT2D eigenvalue weighted by atomic mass is 16.5. The first-order chi connectivity index (χ1) is 13.3. The molecule has 0 aromatic rings. The number of hydrogen-bond donors (Lipinski definition) is 2. The van der Waals surface area contributed by atoms with Crippen molar-refractivity contribution in [2.24, 2.45) is 10.9 Å². The van der Waals surface area contributed by atoms with Crippen molar-refractivity contribution in [3.05, 3.63) is 0 Å². The number of ether oxygens (including phenoxy) is 2. The standard InChI is InChI=1S/C21H40N4O2/c1-22-21(23-11-4-14-27-17-18-9-15-26-16-10-18)24-19-7-12-25(13-8-19)20-5-2-3-6-20/h18-20H,2-17H2,1H3,(H2,22,23,24). The summed E-state index contributed by atoms with van der Waals surface area (Å²) in [6.45, 7) is 6.89. The summed E-state index contributed by atoms with van der Waals surface area (Å²) in [4.78, 5) is 7.12. The van der Waals surface area contributed by atoms with Crippen LogP contribution in [0.3, 0.4) is 0 Å². The maximum atomic E-state index is 5.84. The van der Waals surface area contributed by atoms with Crippen LogP contribution < -0.4 is 10.6 Å². The molecular weight excluding hydrogens is 340 g/mol. The van der Waals surface area contributed by atoms with E-state index >= 15 is 0 Å². The van der Waals surface area contributed by atoms with Gasteiger partial charge in [-0.15, -0.1) is 0 Å². The zero-order valence-corrected chi connectivity index (χ0v) is 17.3. The molecule has 0 bridgehead atoms. The summed E-state index contributed by atoms with van der Waals surface area (Å²) in [7, 11) is 1.87. The molecule has 3 aliphatic rings. The third-order valence-electron chi connectivity index (χ3n) is 6.39. The van der Waals surface area contributed by atoms with Crippen molar-refractivity contribution in [3.8, 4) is 0 Å². The van der Waals surface area contributed by atoms with Gasteiger partial charge < -0.3 is 25.0 Å². The van der Waals surface area contributed by atoms with Gasteiger partial charge in [-0.05, 0) is 50.9 Å². The Morgan fingerprint density at radius 3 is 2.52 bits per heavy atom. The molecule has 2 aliphatic heterocycles. The van der Waals surface area contributed by atoms with Crippen LogP contribution >= 0.6 is 0 Å². The van der Waals surface area contributed by atoms with Gasteiger partial charge in [-0.2, -0.15) is 0 Å². The van der Waals surface area contributed by atoms with Gasteiger partial charge in [-0.25, -0.2) is 0 Å². The molecule has 6 nitrogen and oxygen atoms in total. The van der Waals surface area contributed by atoms with Crippen molar-refractivity contribution in [1.29, 1.82) is 0 Å². The van der Waals surface area contributed by atoms with E-state index in [-0.39, 0.29) is 0 Å². The van der Waals surface area contributed by atoms with E-state index in [1.54, 1.807) is 0 Å². The summed E-state index contributed by atoms with van der Waals surface area (Å²) in [6.07, 6.45) is 11.5. The third-order valence-corrected chi connectivity index (χ3v) is 6.39. The molecule has 0 radical (unpaired) electrons. The van der Waals surface area contributed by atoms with Gasteiger partial charge in [0, 0.05) is 65.2 Å².